The number of aromatic nitrogens is 2. The van der Waals surface area contributed by atoms with Crippen molar-refractivity contribution in [3.8, 4) is 5.88 Å². The highest BCUT2D eigenvalue weighted by molar-refractivity contribution is 5.42. The van der Waals surface area contributed by atoms with Crippen LogP contribution in [-0.4, -0.2) is 36.2 Å². The van der Waals surface area contributed by atoms with Crippen LogP contribution in [0.1, 0.15) is 12.8 Å². The zero-order valence-electron chi connectivity index (χ0n) is 10.0. The summed E-state index contributed by atoms with van der Waals surface area (Å²) >= 11 is 0. The maximum atomic E-state index is 6.20. The Bertz CT molecular complexity index is 397. The number of nitrogens with zero attached hydrogens (tertiary/aromatic N) is 3. The standard InChI is InChI=1S/C12H18N4O/c1-17-11-4-10(14-7-15-11)16-5-8-2-3-9(6-16)12(8)13/h4,7-9,12H,2-3,5-6,13H2,1H3/t8-,9+,12+. The van der Waals surface area contributed by atoms with E-state index in [1.54, 1.807) is 13.4 Å². The molecular formula is C12H18N4O. The minimum absolute atomic E-state index is 0.384. The number of hydrogen-bond acceptors (Lipinski definition) is 5. The van der Waals surface area contributed by atoms with E-state index in [1.807, 2.05) is 6.07 Å². The lowest BCUT2D eigenvalue weighted by Crippen LogP contribution is -2.49. The number of rotatable bonds is 2. The third kappa shape index (κ3) is 1.84. The molecule has 0 aromatic carbocycles. The quantitative estimate of drug-likeness (QED) is 0.814. The number of nitrogens with two attached hydrogens (primary N) is 1. The Hall–Kier alpha value is -1.36. The molecule has 1 saturated heterocycles. The molecule has 0 spiro atoms. The Kier molecular flexibility index (Phi) is 2.63. The first-order chi connectivity index (χ1) is 8.28. The first kappa shape index (κ1) is 10.8. The molecule has 2 N–H and O–H groups in total. The Labute approximate surface area is 101 Å². The van der Waals surface area contributed by atoms with Gasteiger partial charge in [0.2, 0.25) is 5.88 Å². The number of anilines is 1. The molecular weight excluding hydrogens is 216 g/mol. The monoisotopic (exact) mass is 234 g/mol. The number of hydrogen-bond donors (Lipinski definition) is 1. The Balaban J connectivity index is 1.81. The lowest BCUT2D eigenvalue weighted by molar-refractivity contribution is 0.353. The van der Waals surface area contributed by atoms with E-state index in [4.69, 9.17) is 10.5 Å². The molecule has 1 aromatic rings. The van der Waals surface area contributed by atoms with E-state index < -0.39 is 0 Å². The fraction of sp³-hybridized carbons (Fsp3) is 0.667. The van der Waals surface area contributed by atoms with Crippen LogP contribution in [0.15, 0.2) is 12.4 Å². The van der Waals surface area contributed by atoms with Gasteiger partial charge in [-0.1, -0.05) is 0 Å². The average Bonchev–Trinajstić information content (AvgIpc) is 2.61. The van der Waals surface area contributed by atoms with Gasteiger partial charge in [-0.3, -0.25) is 0 Å². The Morgan fingerprint density at radius 1 is 1.29 bits per heavy atom. The molecule has 1 saturated carbocycles. The first-order valence-electron chi connectivity index (χ1n) is 6.14. The van der Waals surface area contributed by atoms with E-state index in [1.165, 1.54) is 12.8 Å². The largest absolute Gasteiger partial charge is 0.481 e. The van der Waals surface area contributed by atoms with Gasteiger partial charge in [-0.25, -0.2) is 9.97 Å². The summed E-state index contributed by atoms with van der Waals surface area (Å²) in [5.41, 5.74) is 6.20. The van der Waals surface area contributed by atoms with Crippen LogP contribution < -0.4 is 15.4 Å². The van der Waals surface area contributed by atoms with Crippen LogP contribution in [0, 0.1) is 11.8 Å². The minimum atomic E-state index is 0.384. The molecule has 2 bridgehead atoms. The summed E-state index contributed by atoms with van der Waals surface area (Å²) in [6.45, 7) is 2.02. The van der Waals surface area contributed by atoms with Crippen molar-refractivity contribution >= 4 is 5.82 Å². The number of ether oxygens (including phenoxy) is 1. The molecule has 5 nitrogen and oxygen atoms in total. The molecule has 17 heavy (non-hydrogen) atoms. The molecule has 1 aliphatic heterocycles. The van der Waals surface area contributed by atoms with Crippen LogP contribution in [0.3, 0.4) is 0 Å². The highest BCUT2D eigenvalue weighted by Crippen LogP contribution is 2.37. The van der Waals surface area contributed by atoms with Gasteiger partial charge in [-0.2, -0.15) is 0 Å². The average molecular weight is 234 g/mol. The van der Waals surface area contributed by atoms with Gasteiger partial charge in [0, 0.05) is 25.2 Å². The third-order valence-electron chi connectivity index (χ3n) is 4.07. The topological polar surface area (TPSA) is 64.3 Å². The van der Waals surface area contributed by atoms with Crippen molar-refractivity contribution in [2.45, 2.75) is 18.9 Å². The van der Waals surface area contributed by atoms with E-state index in [0.717, 1.165) is 18.9 Å². The molecule has 0 radical (unpaired) electrons. The summed E-state index contributed by atoms with van der Waals surface area (Å²) in [6.07, 6.45) is 4.07. The normalized spacial score (nSPS) is 31.6. The van der Waals surface area contributed by atoms with E-state index in [9.17, 15) is 0 Å². The zero-order valence-corrected chi connectivity index (χ0v) is 10.0. The lowest BCUT2D eigenvalue weighted by atomic mass is 9.93. The van der Waals surface area contributed by atoms with Crippen LogP contribution >= 0.6 is 0 Å². The first-order valence-corrected chi connectivity index (χ1v) is 6.14. The van der Waals surface area contributed by atoms with Gasteiger partial charge in [0.1, 0.15) is 12.1 Å². The lowest BCUT2D eigenvalue weighted by Gasteiger charge is -2.36. The van der Waals surface area contributed by atoms with Gasteiger partial charge < -0.3 is 15.4 Å². The molecule has 1 aromatic heterocycles. The van der Waals surface area contributed by atoms with Crippen molar-refractivity contribution in [2.24, 2.45) is 17.6 Å². The Morgan fingerprint density at radius 2 is 2.00 bits per heavy atom. The van der Waals surface area contributed by atoms with Gasteiger partial charge in [0.25, 0.3) is 0 Å². The molecule has 0 unspecified atom stereocenters. The summed E-state index contributed by atoms with van der Waals surface area (Å²) in [7, 11) is 1.63. The van der Waals surface area contributed by atoms with E-state index >= 15 is 0 Å². The van der Waals surface area contributed by atoms with Gasteiger partial charge in [0.15, 0.2) is 0 Å². The van der Waals surface area contributed by atoms with Crippen molar-refractivity contribution in [2.75, 3.05) is 25.1 Å². The zero-order chi connectivity index (χ0) is 11.8. The smallest absolute Gasteiger partial charge is 0.218 e. The summed E-state index contributed by atoms with van der Waals surface area (Å²) in [4.78, 5) is 10.7. The molecule has 3 atom stereocenters. The molecule has 2 fully saturated rings. The maximum Gasteiger partial charge on any atom is 0.218 e. The molecule has 0 amide bonds. The highest BCUT2D eigenvalue weighted by atomic mass is 16.5. The van der Waals surface area contributed by atoms with Crippen molar-refractivity contribution < 1.29 is 4.74 Å². The van der Waals surface area contributed by atoms with E-state index in [0.29, 0.717) is 23.8 Å². The predicted molar refractivity (Wildman–Crippen MR) is 65.0 cm³/mol. The molecule has 92 valence electrons. The Morgan fingerprint density at radius 3 is 2.65 bits per heavy atom. The summed E-state index contributed by atoms with van der Waals surface area (Å²) in [5, 5.41) is 0. The number of methoxy groups -OCH3 is 1. The molecule has 1 aliphatic carbocycles. The van der Waals surface area contributed by atoms with Crippen LogP contribution in [0.4, 0.5) is 5.82 Å². The molecule has 3 rings (SSSR count). The summed E-state index contributed by atoms with van der Waals surface area (Å²) in [6, 6.07) is 2.28. The van der Waals surface area contributed by atoms with Crippen molar-refractivity contribution in [1.29, 1.82) is 0 Å². The van der Waals surface area contributed by atoms with Gasteiger partial charge >= 0.3 is 0 Å². The van der Waals surface area contributed by atoms with E-state index in [2.05, 4.69) is 14.9 Å². The van der Waals surface area contributed by atoms with Crippen LogP contribution in [0.2, 0.25) is 0 Å². The minimum Gasteiger partial charge on any atom is -0.481 e. The summed E-state index contributed by atoms with van der Waals surface area (Å²) in [5.74, 6) is 2.82. The fourth-order valence-electron chi connectivity index (χ4n) is 3.07. The third-order valence-corrected chi connectivity index (χ3v) is 4.07. The second-order valence-electron chi connectivity index (χ2n) is 5.00. The van der Waals surface area contributed by atoms with E-state index in [-0.39, 0.29) is 0 Å². The van der Waals surface area contributed by atoms with Crippen molar-refractivity contribution in [1.82, 2.24) is 9.97 Å². The molecule has 2 aliphatic rings. The second-order valence-corrected chi connectivity index (χ2v) is 5.00. The highest BCUT2D eigenvalue weighted by Gasteiger charge is 2.40. The van der Waals surface area contributed by atoms with Crippen LogP contribution in [0.25, 0.3) is 0 Å². The molecule has 5 heteroatoms. The predicted octanol–water partition coefficient (Wildman–Crippen LogP) is 0.659. The number of fused-ring (bicyclic) bond motifs is 2. The van der Waals surface area contributed by atoms with Crippen molar-refractivity contribution in [3.63, 3.8) is 0 Å². The molecule has 2 heterocycles. The van der Waals surface area contributed by atoms with Gasteiger partial charge in [0.05, 0.1) is 7.11 Å². The van der Waals surface area contributed by atoms with Gasteiger partial charge in [-0.15, -0.1) is 0 Å². The fourth-order valence-corrected chi connectivity index (χ4v) is 3.07. The SMILES string of the molecule is COc1cc(N2C[C@H]3CC[C@@H](C2)[C@H]3N)ncn1. The van der Waals surface area contributed by atoms with Crippen LogP contribution in [-0.2, 0) is 0 Å². The summed E-state index contributed by atoms with van der Waals surface area (Å²) < 4.78 is 5.13. The maximum absolute atomic E-state index is 6.20. The second kappa shape index (κ2) is 4.14. The van der Waals surface area contributed by atoms with Crippen molar-refractivity contribution in [3.05, 3.63) is 12.4 Å². The van der Waals surface area contributed by atoms with Gasteiger partial charge in [-0.05, 0) is 24.7 Å². The number of piperidine rings is 1. The van der Waals surface area contributed by atoms with Crippen LogP contribution in [0.5, 0.6) is 5.88 Å².